The Bertz CT molecular complexity index is 368. The Hall–Kier alpha value is -1.26. The van der Waals surface area contributed by atoms with E-state index in [1.54, 1.807) is 14.2 Å². The monoisotopic (exact) mass is 238 g/mol. The summed E-state index contributed by atoms with van der Waals surface area (Å²) in [5.74, 6) is 1.63. The molecule has 0 heterocycles. The fourth-order valence-corrected chi connectivity index (χ4v) is 1.95. The topological polar surface area (TPSA) is 70.5 Å². The molecule has 0 aliphatic rings. The maximum Gasteiger partial charge on any atom is 0.122 e. The Balaban J connectivity index is 3.24. The fraction of sp³-hybridized carbons (Fsp3) is 0.538. The Morgan fingerprint density at radius 1 is 1.18 bits per heavy atom. The van der Waals surface area contributed by atoms with Gasteiger partial charge in [0.15, 0.2) is 0 Å². The van der Waals surface area contributed by atoms with Crippen molar-refractivity contribution in [3.63, 3.8) is 0 Å². The summed E-state index contributed by atoms with van der Waals surface area (Å²) in [5, 5.41) is 0. The highest BCUT2D eigenvalue weighted by atomic mass is 16.5. The largest absolute Gasteiger partial charge is 0.497 e. The molecule has 1 atom stereocenters. The summed E-state index contributed by atoms with van der Waals surface area (Å²) in [5.41, 5.74) is 12.4. The van der Waals surface area contributed by atoms with E-state index in [2.05, 4.69) is 6.92 Å². The molecule has 0 aromatic heterocycles. The Labute approximate surface area is 103 Å². The first-order valence-electron chi connectivity index (χ1n) is 5.74. The Morgan fingerprint density at radius 2 is 1.88 bits per heavy atom. The SMILES string of the molecule is COc1ccc(OC)c([C@](C)(CN)CCN)c1. The van der Waals surface area contributed by atoms with Gasteiger partial charge in [-0.25, -0.2) is 0 Å². The molecular weight excluding hydrogens is 216 g/mol. The van der Waals surface area contributed by atoms with Gasteiger partial charge in [-0.15, -0.1) is 0 Å². The van der Waals surface area contributed by atoms with Crippen molar-refractivity contribution >= 4 is 0 Å². The van der Waals surface area contributed by atoms with Crippen LogP contribution in [0.3, 0.4) is 0 Å². The van der Waals surface area contributed by atoms with Crippen LogP contribution in [0.2, 0.25) is 0 Å². The van der Waals surface area contributed by atoms with Crippen LogP contribution in [0.4, 0.5) is 0 Å². The molecule has 0 saturated carbocycles. The first-order chi connectivity index (χ1) is 8.11. The second-order valence-corrected chi connectivity index (χ2v) is 4.37. The first kappa shape index (κ1) is 13.8. The minimum atomic E-state index is -0.186. The van der Waals surface area contributed by atoms with Gasteiger partial charge in [0.1, 0.15) is 11.5 Å². The van der Waals surface area contributed by atoms with Crippen LogP contribution in [0, 0.1) is 0 Å². The average Bonchev–Trinajstić information content (AvgIpc) is 2.38. The fourth-order valence-electron chi connectivity index (χ4n) is 1.95. The van der Waals surface area contributed by atoms with Gasteiger partial charge in [0.25, 0.3) is 0 Å². The molecule has 96 valence electrons. The Morgan fingerprint density at radius 3 is 2.35 bits per heavy atom. The maximum atomic E-state index is 5.89. The number of benzene rings is 1. The molecule has 4 nitrogen and oxygen atoms in total. The molecule has 0 spiro atoms. The summed E-state index contributed by atoms with van der Waals surface area (Å²) in [7, 11) is 3.30. The normalized spacial score (nSPS) is 14.2. The van der Waals surface area contributed by atoms with Gasteiger partial charge in [0.2, 0.25) is 0 Å². The van der Waals surface area contributed by atoms with E-state index in [-0.39, 0.29) is 5.41 Å². The lowest BCUT2D eigenvalue weighted by Gasteiger charge is -2.30. The molecule has 0 amide bonds. The third-order valence-corrected chi connectivity index (χ3v) is 3.20. The van der Waals surface area contributed by atoms with Gasteiger partial charge in [-0.05, 0) is 31.2 Å². The van der Waals surface area contributed by atoms with E-state index in [0.29, 0.717) is 13.1 Å². The van der Waals surface area contributed by atoms with Crippen molar-refractivity contribution in [1.29, 1.82) is 0 Å². The van der Waals surface area contributed by atoms with Gasteiger partial charge in [-0.3, -0.25) is 0 Å². The van der Waals surface area contributed by atoms with Crippen molar-refractivity contribution in [2.45, 2.75) is 18.8 Å². The molecule has 4 N–H and O–H groups in total. The van der Waals surface area contributed by atoms with Crippen molar-refractivity contribution in [2.75, 3.05) is 27.3 Å². The van der Waals surface area contributed by atoms with Gasteiger partial charge in [0.05, 0.1) is 14.2 Å². The van der Waals surface area contributed by atoms with E-state index in [1.165, 1.54) is 0 Å². The lowest BCUT2D eigenvalue weighted by atomic mass is 9.79. The van der Waals surface area contributed by atoms with Crippen LogP contribution in [0.1, 0.15) is 18.9 Å². The van der Waals surface area contributed by atoms with Crippen LogP contribution in [-0.2, 0) is 5.41 Å². The van der Waals surface area contributed by atoms with Crippen LogP contribution in [0.5, 0.6) is 11.5 Å². The summed E-state index contributed by atoms with van der Waals surface area (Å²) in [6.45, 7) is 3.21. The van der Waals surface area contributed by atoms with E-state index in [9.17, 15) is 0 Å². The molecule has 17 heavy (non-hydrogen) atoms. The lowest BCUT2D eigenvalue weighted by Crippen LogP contribution is -2.34. The van der Waals surface area contributed by atoms with E-state index in [4.69, 9.17) is 20.9 Å². The standard InChI is InChI=1S/C13H22N2O2/c1-13(9-15,6-7-14)11-8-10(16-2)4-5-12(11)17-3/h4-5,8H,6-7,9,14-15H2,1-3H3/t13-/m0/s1. The van der Waals surface area contributed by atoms with Crippen LogP contribution in [0.15, 0.2) is 18.2 Å². The zero-order valence-electron chi connectivity index (χ0n) is 10.8. The molecule has 0 saturated heterocycles. The molecular formula is C13H22N2O2. The molecule has 0 radical (unpaired) electrons. The van der Waals surface area contributed by atoms with Crippen molar-refractivity contribution < 1.29 is 9.47 Å². The van der Waals surface area contributed by atoms with E-state index < -0.39 is 0 Å². The minimum Gasteiger partial charge on any atom is -0.497 e. The van der Waals surface area contributed by atoms with Crippen LogP contribution < -0.4 is 20.9 Å². The molecule has 1 rings (SSSR count). The molecule has 0 unspecified atom stereocenters. The highest BCUT2D eigenvalue weighted by molar-refractivity contribution is 5.45. The smallest absolute Gasteiger partial charge is 0.122 e. The maximum absolute atomic E-state index is 5.89. The van der Waals surface area contributed by atoms with E-state index >= 15 is 0 Å². The van der Waals surface area contributed by atoms with Crippen molar-refractivity contribution in [3.05, 3.63) is 23.8 Å². The summed E-state index contributed by atoms with van der Waals surface area (Å²) < 4.78 is 10.6. The van der Waals surface area contributed by atoms with Crippen molar-refractivity contribution in [2.24, 2.45) is 11.5 Å². The number of hydrogen-bond donors (Lipinski definition) is 2. The lowest BCUT2D eigenvalue weighted by molar-refractivity contribution is 0.371. The highest BCUT2D eigenvalue weighted by Crippen LogP contribution is 2.36. The van der Waals surface area contributed by atoms with Crippen LogP contribution >= 0.6 is 0 Å². The first-order valence-corrected chi connectivity index (χ1v) is 5.74. The van der Waals surface area contributed by atoms with Crippen molar-refractivity contribution in [1.82, 2.24) is 0 Å². The van der Waals surface area contributed by atoms with Gasteiger partial charge >= 0.3 is 0 Å². The number of rotatable bonds is 6. The third-order valence-electron chi connectivity index (χ3n) is 3.20. The van der Waals surface area contributed by atoms with Gasteiger partial charge in [-0.1, -0.05) is 6.92 Å². The number of ether oxygens (including phenoxy) is 2. The second kappa shape index (κ2) is 5.89. The zero-order valence-corrected chi connectivity index (χ0v) is 10.8. The molecule has 0 aliphatic carbocycles. The quantitative estimate of drug-likeness (QED) is 0.783. The number of methoxy groups -OCH3 is 2. The summed E-state index contributed by atoms with van der Waals surface area (Å²) in [6, 6.07) is 5.75. The number of nitrogens with two attached hydrogens (primary N) is 2. The van der Waals surface area contributed by atoms with Gasteiger partial charge in [-0.2, -0.15) is 0 Å². The van der Waals surface area contributed by atoms with Crippen LogP contribution in [-0.4, -0.2) is 27.3 Å². The third kappa shape index (κ3) is 2.90. The molecule has 4 heteroatoms. The van der Waals surface area contributed by atoms with Crippen LogP contribution in [0.25, 0.3) is 0 Å². The van der Waals surface area contributed by atoms with E-state index in [1.807, 2.05) is 18.2 Å². The van der Waals surface area contributed by atoms with Gasteiger partial charge in [0, 0.05) is 17.5 Å². The van der Waals surface area contributed by atoms with E-state index in [0.717, 1.165) is 23.5 Å². The molecule has 1 aromatic rings. The molecule has 0 aliphatic heterocycles. The Kier molecular flexibility index (Phi) is 4.78. The summed E-state index contributed by atoms with van der Waals surface area (Å²) in [4.78, 5) is 0. The predicted octanol–water partition coefficient (Wildman–Crippen LogP) is 1.27. The molecule has 1 aromatic carbocycles. The van der Waals surface area contributed by atoms with Crippen molar-refractivity contribution in [3.8, 4) is 11.5 Å². The minimum absolute atomic E-state index is 0.186. The molecule has 0 fully saturated rings. The number of hydrogen-bond acceptors (Lipinski definition) is 4. The molecule has 0 bridgehead atoms. The zero-order chi connectivity index (χ0) is 12.9. The van der Waals surface area contributed by atoms with Gasteiger partial charge < -0.3 is 20.9 Å². The second-order valence-electron chi connectivity index (χ2n) is 4.37. The average molecular weight is 238 g/mol. The summed E-state index contributed by atoms with van der Waals surface area (Å²) >= 11 is 0. The summed E-state index contributed by atoms with van der Waals surface area (Å²) in [6.07, 6.45) is 0.813. The highest BCUT2D eigenvalue weighted by Gasteiger charge is 2.28. The predicted molar refractivity (Wildman–Crippen MR) is 69.6 cm³/mol.